The highest BCUT2D eigenvalue weighted by atomic mass is 16.1. The molecule has 0 atom stereocenters. The molecule has 0 unspecified atom stereocenters. The lowest BCUT2D eigenvalue weighted by molar-refractivity contribution is -0.113. The van der Waals surface area contributed by atoms with Crippen LogP contribution in [0.1, 0.15) is 13.3 Å². The quantitative estimate of drug-likeness (QED) is 0.497. The molecule has 42 valence electrons. The molecule has 0 heterocycles. The first-order valence-corrected chi connectivity index (χ1v) is 2.68. The van der Waals surface area contributed by atoms with E-state index in [4.69, 9.17) is 0 Å². The fourth-order valence-corrected chi connectivity index (χ4v) is 0.719. The van der Waals surface area contributed by atoms with Crippen molar-refractivity contribution in [1.29, 1.82) is 0 Å². The number of carbonyl (C=O) groups is 1. The molecule has 0 aromatic heterocycles. The van der Waals surface area contributed by atoms with E-state index in [-0.39, 0.29) is 5.78 Å². The molecular formula is C7H8O. The molecule has 0 bridgehead atoms. The van der Waals surface area contributed by atoms with Crippen molar-refractivity contribution in [2.45, 2.75) is 13.3 Å². The van der Waals surface area contributed by atoms with Crippen LogP contribution in [0.4, 0.5) is 0 Å². The molecule has 0 radical (unpaired) electrons. The Labute approximate surface area is 48.7 Å². The van der Waals surface area contributed by atoms with Gasteiger partial charge in [0.1, 0.15) is 0 Å². The molecule has 1 aliphatic rings. The molecular weight excluding hydrogens is 100 g/mol. The summed E-state index contributed by atoms with van der Waals surface area (Å²) in [7, 11) is 0. The minimum Gasteiger partial charge on any atom is -0.295 e. The van der Waals surface area contributed by atoms with Gasteiger partial charge in [-0.15, -0.1) is 0 Å². The lowest BCUT2D eigenvalue weighted by Crippen LogP contribution is -1.88. The van der Waals surface area contributed by atoms with Crippen LogP contribution in [0, 0.1) is 0 Å². The number of carbonyl (C=O) groups excluding carboxylic acids is 1. The van der Waals surface area contributed by atoms with E-state index in [1.54, 1.807) is 6.92 Å². The predicted octanol–water partition coefficient (Wildman–Crippen LogP) is 1.46. The summed E-state index contributed by atoms with van der Waals surface area (Å²) in [5.74, 6) is 0.166. The predicted molar refractivity (Wildman–Crippen MR) is 32.5 cm³/mol. The zero-order valence-corrected chi connectivity index (χ0v) is 4.85. The summed E-state index contributed by atoms with van der Waals surface area (Å²) < 4.78 is 0. The minimum absolute atomic E-state index is 0.166. The Hall–Kier alpha value is -0.850. The Bertz CT molecular complexity index is 163. The number of hydrogen-bond acceptors (Lipinski definition) is 1. The van der Waals surface area contributed by atoms with Gasteiger partial charge < -0.3 is 0 Å². The van der Waals surface area contributed by atoms with Crippen LogP contribution in [0.3, 0.4) is 0 Å². The first kappa shape index (κ1) is 5.29. The second kappa shape index (κ2) is 1.95. The molecule has 1 heteroatoms. The van der Waals surface area contributed by atoms with Crippen LogP contribution < -0.4 is 0 Å². The molecule has 0 fully saturated rings. The summed E-state index contributed by atoms with van der Waals surface area (Å²) in [6.07, 6.45) is 6.70. The van der Waals surface area contributed by atoms with Gasteiger partial charge in [0.25, 0.3) is 0 Å². The van der Waals surface area contributed by atoms with Crippen LogP contribution in [0.5, 0.6) is 0 Å². The highest BCUT2D eigenvalue weighted by molar-refractivity contribution is 5.96. The zero-order chi connectivity index (χ0) is 5.98. The van der Waals surface area contributed by atoms with Gasteiger partial charge in [-0.1, -0.05) is 18.2 Å². The normalized spacial score (nSPS) is 16.4. The molecule has 0 amide bonds. The number of hydrogen-bond donors (Lipinski definition) is 0. The summed E-state index contributed by atoms with van der Waals surface area (Å²) in [6.45, 7) is 1.58. The van der Waals surface area contributed by atoms with Gasteiger partial charge in [0, 0.05) is 5.57 Å². The maximum Gasteiger partial charge on any atom is 0.159 e. The average molecular weight is 108 g/mol. The van der Waals surface area contributed by atoms with Crippen molar-refractivity contribution >= 4 is 5.78 Å². The van der Waals surface area contributed by atoms with Gasteiger partial charge in [-0.2, -0.15) is 0 Å². The van der Waals surface area contributed by atoms with Crippen molar-refractivity contribution in [3.63, 3.8) is 0 Å². The van der Waals surface area contributed by atoms with E-state index in [0.717, 1.165) is 12.0 Å². The number of Topliss-reactive ketones (excluding diaryl/α,β-unsaturated/α-hetero) is 1. The second-order valence-corrected chi connectivity index (χ2v) is 1.85. The zero-order valence-electron chi connectivity index (χ0n) is 4.85. The summed E-state index contributed by atoms with van der Waals surface area (Å²) in [6, 6.07) is 0. The van der Waals surface area contributed by atoms with Crippen LogP contribution in [0.25, 0.3) is 0 Å². The second-order valence-electron chi connectivity index (χ2n) is 1.85. The smallest absolute Gasteiger partial charge is 0.159 e. The maximum atomic E-state index is 10.5. The van der Waals surface area contributed by atoms with Crippen LogP contribution in [0.2, 0.25) is 0 Å². The van der Waals surface area contributed by atoms with Gasteiger partial charge in [-0.25, -0.2) is 0 Å². The van der Waals surface area contributed by atoms with Gasteiger partial charge in [-0.3, -0.25) is 4.79 Å². The van der Waals surface area contributed by atoms with E-state index >= 15 is 0 Å². The fraction of sp³-hybridized carbons (Fsp3) is 0.286. The lowest BCUT2D eigenvalue weighted by Gasteiger charge is -1.84. The number of allylic oxidation sites excluding steroid dienone is 4. The lowest BCUT2D eigenvalue weighted by atomic mass is 10.2. The molecule has 0 spiro atoms. The van der Waals surface area contributed by atoms with Crippen LogP contribution in [-0.2, 0) is 4.79 Å². The van der Waals surface area contributed by atoms with Crippen LogP contribution in [0.15, 0.2) is 23.8 Å². The molecule has 0 N–H and O–H groups in total. The van der Waals surface area contributed by atoms with Crippen molar-refractivity contribution in [3.8, 4) is 0 Å². The first-order valence-electron chi connectivity index (χ1n) is 2.68. The van der Waals surface area contributed by atoms with Crippen molar-refractivity contribution in [1.82, 2.24) is 0 Å². The SMILES string of the molecule is CC(=O)C1=CCC=C1. The summed E-state index contributed by atoms with van der Waals surface area (Å²) in [5, 5.41) is 0. The van der Waals surface area contributed by atoms with Crippen molar-refractivity contribution in [3.05, 3.63) is 23.8 Å². The maximum absolute atomic E-state index is 10.5. The molecule has 0 aromatic carbocycles. The van der Waals surface area contributed by atoms with Gasteiger partial charge in [0.05, 0.1) is 0 Å². The third-order valence-corrected chi connectivity index (χ3v) is 1.18. The van der Waals surface area contributed by atoms with Gasteiger partial charge in [-0.05, 0) is 13.3 Å². The average Bonchev–Trinajstić information content (AvgIpc) is 2.12. The van der Waals surface area contributed by atoms with E-state index in [2.05, 4.69) is 0 Å². The van der Waals surface area contributed by atoms with Crippen LogP contribution in [-0.4, -0.2) is 5.78 Å². The van der Waals surface area contributed by atoms with Crippen molar-refractivity contribution < 1.29 is 4.79 Å². The Kier molecular flexibility index (Phi) is 1.29. The summed E-state index contributed by atoms with van der Waals surface area (Å²) in [5.41, 5.74) is 0.852. The molecule has 1 aliphatic carbocycles. The Balaban J connectivity index is 2.72. The fourth-order valence-electron chi connectivity index (χ4n) is 0.719. The molecule has 1 rings (SSSR count). The molecule has 0 aliphatic heterocycles. The van der Waals surface area contributed by atoms with Crippen molar-refractivity contribution in [2.24, 2.45) is 0 Å². The number of rotatable bonds is 1. The molecule has 0 saturated carbocycles. The topological polar surface area (TPSA) is 17.1 Å². The number of ketones is 1. The monoisotopic (exact) mass is 108 g/mol. The van der Waals surface area contributed by atoms with Crippen molar-refractivity contribution in [2.75, 3.05) is 0 Å². The molecule has 0 saturated heterocycles. The van der Waals surface area contributed by atoms with Crippen LogP contribution >= 0.6 is 0 Å². The Morgan fingerprint density at radius 3 is 2.75 bits per heavy atom. The highest BCUT2D eigenvalue weighted by Gasteiger charge is 2.00. The molecule has 1 nitrogen and oxygen atoms in total. The summed E-state index contributed by atoms with van der Waals surface area (Å²) in [4.78, 5) is 10.5. The molecule has 8 heavy (non-hydrogen) atoms. The summed E-state index contributed by atoms with van der Waals surface area (Å²) >= 11 is 0. The Morgan fingerprint density at radius 2 is 2.50 bits per heavy atom. The molecule has 0 aromatic rings. The van der Waals surface area contributed by atoms with Gasteiger partial charge in [0.15, 0.2) is 5.78 Å². The highest BCUT2D eigenvalue weighted by Crippen LogP contribution is 2.08. The third-order valence-electron chi connectivity index (χ3n) is 1.18. The largest absolute Gasteiger partial charge is 0.295 e. The van der Waals surface area contributed by atoms with E-state index in [9.17, 15) is 4.79 Å². The van der Waals surface area contributed by atoms with Gasteiger partial charge in [0.2, 0.25) is 0 Å². The first-order chi connectivity index (χ1) is 3.80. The van der Waals surface area contributed by atoms with E-state index < -0.39 is 0 Å². The third kappa shape index (κ3) is 0.861. The Morgan fingerprint density at radius 1 is 1.75 bits per heavy atom. The van der Waals surface area contributed by atoms with E-state index in [1.165, 1.54) is 0 Å². The van der Waals surface area contributed by atoms with E-state index in [1.807, 2.05) is 18.2 Å². The minimum atomic E-state index is 0.166. The van der Waals surface area contributed by atoms with E-state index in [0.29, 0.717) is 0 Å². The van der Waals surface area contributed by atoms with Gasteiger partial charge >= 0.3 is 0 Å². The standard InChI is InChI=1S/C7H8O/c1-6(8)7-4-2-3-5-7/h2,4-5H,3H2,1H3.